The first-order valence-electron chi connectivity index (χ1n) is 7.15. The number of nitrogens with two attached hydrogens (primary N) is 1. The second-order valence-corrected chi connectivity index (χ2v) is 5.17. The van der Waals surface area contributed by atoms with Crippen LogP contribution in [0.5, 0.6) is 0 Å². The number of nitrogen functional groups attached to an aromatic ring is 1. The lowest BCUT2D eigenvalue weighted by molar-refractivity contribution is -0.161. The molecule has 0 amide bonds. The zero-order chi connectivity index (χ0) is 15.5. The van der Waals surface area contributed by atoms with E-state index in [1.165, 1.54) is 16.8 Å². The number of hydrogen-bond acceptors (Lipinski definition) is 8. The molecule has 2 saturated heterocycles. The third-order valence-corrected chi connectivity index (χ3v) is 3.60. The summed E-state index contributed by atoms with van der Waals surface area (Å²) in [4.78, 5) is 27.1. The molecule has 2 aliphatic rings. The lowest BCUT2D eigenvalue weighted by Crippen LogP contribution is -2.34. The molecule has 3 unspecified atom stereocenters. The SMILES string of the molecule is Nc1ccn(C2COC(COC(=O)C3CCCN3)O2)c(=O)n1. The highest BCUT2D eigenvalue weighted by Gasteiger charge is 2.30. The van der Waals surface area contributed by atoms with Gasteiger partial charge in [-0.1, -0.05) is 0 Å². The van der Waals surface area contributed by atoms with Gasteiger partial charge in [0.25, 0.3) is 0 Å². The minimum absolute atomic E-state index is 0.00926. The van der Waals surface area contributed by atoms with Gasteiger partial charge in [0, 0.05) is 6.20 Å². The maximum atomic E-state index is 11.8. The Kier molecular flexibility index (Phi) is 4.36. The van der Waals surface area contributed by atoms with Crippen molar-refractivity contribution >= 4 is 11.8 Å². The van der Waals surface area contributed by atoms with Crippen molar-refractivity contribution in [3.63, 3.8) is 0 Å². The molecule has 0 saturated carbocycles. The third-order valence-electron chi connectivity index (χ3n) is 3.60. The average molecular weight is 310 g/mol. The van der Waals surface area contributed by atoms with Crippen molar-refractivity contribution in [2.75, 3.05) is 25.5 Å². The van der Waals surface area contributed by atoms with Crippen LogP contribution in [0.25, 0.3) is 0 Å². The molecule has 9 nitrogen and oxygen atoms in total. The van der Waals surface area contributed by atoms with Crippen LogP contribution in [0.2, 0.25) is 0 Å². The van der Waals surface area contributed by atoms with Gasteiger partial charge in [0.1, 0.15) is 18.5 Å². The summed E-state index contributed by atoms with van der Waals surface area (Å²) in [6, 6.07) is 1.25. The summed E-state index contributed by atoms with van der Waals surface area (Å²) in [5, 5.41) is 3.06. The van der Waals surface area contributed by atoms with Crippen LogP contribution in [0, 0.1) is 0 Å². The first kappa shape index (κ1) is 14.9. The Morgan fingerprint density at radius 2 is 2.45 bits per heavy atom. The van der Waals surface area contributed by atoms with E-state index in [9.17, 15) is 9.59 Å². The fourth-order valence-corrected chi connectivity index (χ4v) is 2.46. The van der Waals surface area contributed by atoms with Gasteiger partial charge in [0.15, 0.2) is 12.5 Å². The molecule has 3 rings (SSSR count). The quantitative estimate of drug-likeness (QED) is 0.679. The Bertz CT molecular complexity index is 598. The van der Waals surface area contributed by atoms with Gasteiger partial charge < -0.3 is 25.3 Å². The number of nitrogens with zero attached hydrogens (tertiary/aromatic N) is 2. The molecule has 1 aromatic rings. The fraction of sp³-hybridized carbons (Fsp3) is 0.615. The van der Waals surface area contributed by atoms with Crippen molar-refractivity contribution in [3.8, 4) is 0 Å². The van der Waals surface area contributed by atoms with E-state index in [0.717, 1.165) is 19.4 Å². The molecule has 22 heavy (non-hydrogen) atoms. The van der Waals surface area contributed by atoms with Crippen molar-refractivity contribution in [3.05, 3.63) is 22.7 Å². The van der Waals surface area contributed by atoms with Crippen LogP contribution < -0.4 is 16.7 Å². The monoisotopic (exact) mass is 310 g/mol. The third kappa shape index (κ3) is 3.26. The summed E-state index contributed by atoms with van der Waals surface area (Å²) < 4.78 is 17.4. The average Bonchev–Trinajstić information content (AvgIpc) is 3.16. The van der Waals surface area contributed by atoms with Gasteiger partial charge in [-0.05, 0) is 25.5 Å². The van der Waals surface area contributed by atoms with Crippen molar-refractivity contribution in [1.82, 2.24) is 14.9 Å². The Morgan fingerprint density at radius 3 is 3.18 bits per heavy atom. The number of rotatable bonds is 4. The van der Waals surface area contributed by atoms with E-state index in [4.69, 9.17) is 19.9 Å². The number of anilines is 1. The van der Waals surface area contributed by atoms with Crippen molar-refractivity contribution in [1.29, 1.82) is 0 Å². The molecule has 3 heterocycles. The number of carbonyl (C=O) groups excluding carboxylic acids is 1. The highest BCUT2D eigenvalue weighted by Crippen LogP contribution is 2.20. The molecule has 0 aromatic carbocycles. The smallest absolute Gasteiger partial charge is 0.351 e. The first-order chi connectivity index (χ1) is 10.6. The van der Waals surface area contributed by atoms with Crippen LogP contribution in [0.15, 0.2) is 17.1 Å². The zero-order valence-corrected chi connectivity index (χ0v) is 11.9. The van der Waals surface area contributed by atoms with Crippen LogP contribution in [0.3, 0.4) is 0 Å². The summed E-state index contributed by atoms with van der Waals surface area (Å²) >= 11 is 0. The van der Waals surface area contributed by atoms with Crippen LogP contribution in [-0.4, -0.2) is 47.6 Å². The number of carbonyl (C=O) groups is 1. The van der Waals surface area contributed by atoms with E-state index in [2.05, 4.69) is 10.3 Å². The van der Waals surface area contributed by atoms with Crippen LogP contribution in [0.4, 0.5) is 5.82 Å². The Balaban J connectivity index is 1.51. The molecule has 2 fully saturated rings. The maximum Gasteiger partial charge on any atom is 0.351 e. The topological polar surface area (TPSA) is 118 Å². The lowest BCUT2D eigenvalue weighted by Gasteiger charge is -2.15. The number of ether oxygens (including phenoxy) is 3. The second kappa shape index (κ2) is 6.42. The Labute approximate surface area is 126 Å². The summed E-state index contributed by atoms with van der Waals surface area (Å²) in [5.74, 6) is -0.158. The van der Waals surface area contributed by atoms with E-state index in [1.54, 1.807) is 0 Å². The number of esters is 1. The van der Waals surface area contributed by atoms with Gasteiger partial charge >= 0.3 is 11.7 Å². The Morgan fingerprint density at radius 1 is 1.59 bits per heavy atom. The van der Waals surface area contributed by atoms with E-state index in [0.29, 0.717) is 0 Å². The van der Waals surface area contributed by atoms with Crippen molar-refractivity contribution in [2.24, 2.45) is 0 Å². The molecule has 1 aromatic heterocycles. The summed E-state index contributed by atoms with van der Waals surface area (Å²) in [6.07, 6.45) is 1.94. The van der Waals surface area contributed by atoms with Gasteiger partial charge in [0.2, 0.25) is 0 Å². The molecule has 0 bridgehead atoms. The first-order valence-corrected chi connectivity index (χ1v) is 7.15. The van der Waals surface area contributed by atoms with E-state index >= 15 is 0 Å². The molecule has 120 valence electrons. The highest BCUT2D eigenvalue weighted by atomic mass is 16.7. The van der Waals surface area contributed by atoms with Gasteiger partial charge in [-0.2, -0.15) is 4.98 Å². The second-order valence-electron chi connectivity index (χ2n) is 5.17. The summed E-state index contributed by atoms with van der Waals surface area (Å²) in [7, 11) is 0. The summed E-state index contributed by atoms with van der Waals surface area (Å²) in [6.45, 7) is 0.991. The zero-order valence-electron chi connectivity index (χ0n) is 11.9. The number of aromatic nitrogens is 2. The number of hydrogen-bond donors (Lipinski definition) is 2. The minimum Gasteiger partial charge on any atom is -0.459 e. The van der Waals surface area contributed by atoms with Gasteiger partial charge in [-0.25, -0.2) is 4.79 Å². The van der Waals surface area contributed by atoms with Crippen molar-refractivity contribution < 1.29 is 19.0 Å². The lowest BCUT2D eigenvalue weighted by atomic mass is 10.2. The minimum atomic E-state index is -0.695. The van der Waals surface area contributed by atoms with Crippen molar-refractivity contribution in [2.45, 2.75) is 31.4 Å². The normalized spacial score (nSPS) is 27.9. The van der Waals surface area contributed by atoms with Crippen LogP contribution in [-0.2, 0) is 19.0 Å². The highest BCUT2D eigenvalue weighted by molar-refractivity contribution is 5.76. The van der Waals surface area contributed by atoms with Crippen LogP contribution in [0.1, 0.15) is 19.1 Å². The molecule has 2 aliphatic heterocycles. The molecule has 9 heteroatoms. The molecule has 0 spiro atoms. The Hall–Kier alpha value is -1.97. The molecular formula is C13H18N4O5. The predicted octanol–water partition coefficient (Wildman–Crippen LogP) is -1.01. The standard InChI is InChI=1S/C13H18N4O5/c14-9-3-5-17(13(19)16-9)10-6-20-11(22-10)7-21-12(18)8-2-1-4-15-8/h3,5,8,10-11,15H,1-2,4,6-7H2,(H2,14,16,19). The van der Waals surface area contributed by atoms with E-state index < -0.39 is 18.2 Å². The molecule has 0 radical (unpaired) electrons. The predicted molar refractivity (Wildman–Crippen MR) is 74.8 cm³/mol. The molecule has 3 N–H and O–H groups in total. The fourth-order valence-electron chi connectivity index (χ4n) is 2.46. The largest absolute Gasteiger partial charge is 0.459 e. The molecule has 3 atom stereocenters. The van der Waals surface area contributed by atoms with Gasteiger partial charge in [-0.3, -0.25) is 9.36 Å². The number of nitrogens with one attached hydrogen (secondary N) is 1. The summed E-state index contributed by atoms with van der Waals surface area (Å²) in [5.41, 5.74) is 4.92. The molecular weight excluding hydrogens is 292 g/mol. The van der Waals surface area contributed by atoms with Crippen LogP contribution >= 0.6 is 0 Å². The van der Waals surface area contributed by atoms with Gasteiger partial charge in [0.05, 0.1) is 6.61 Å². The molecule has 0 aliphatic carbocycles. The van der Waals surface area contributed by atoms with Gasteiger partial charge in [-0.15, -0.1) is 0 Å². The van der Waals surface area contributed by atoms with E-state index in [1.807, 2.05) is 0 Å². The maximum absolute atomic E-state index is 11.8. The van der Waals surface area contributed by atoms with E-state index in [-0.39, 0.29) is 31.0 Å².